The van der Waals surface area contributed by atoms with E-state index in [0.29, 0.717) is 29.0 Å². The Morgan fingerprint density at radius 2 is 1.71 bits per heavy atom. The van der Waals surface area contributed by atoms with Gasteiger partial charge in [0, 0.05) is 24.4 Å². The van der Waals surface area contributed by atoms with Gasteiger partial charge in [-0.05, 0) is 66.2 Å². The molecule has 0 saturated heterocycles. The zero-order valence-electron chi connectivity index (χ0n) is 18.5. The predicted molar refractivity (Wildman–Crippen MR) is 131 cm³/mol. The van der Waals surface area contributed by atoms with Gasteiger partial charge in [-0.15, -0.1) is 12.4 Å². The molecule has 0 fully saturated rings. The molecular formula is C25H23ClF2N2O3S. The molecule has 178 valence electrons. The molecule has 0 atom stereocenters. The number of ether oxygens (including phenoxy) is 1. The first kappa shape index (κ1) is 25.4. The molecule has 3 aromatic carbocycles. The number of methoxy groups -OCH3 is 1. The van der Waals surface area contributed by atoms with Crippen LogP contribution in [0.1, 0.15) is 5.56 Å². The molecule has 0 aliphatic rings. The Hall–Kier alpha value is -3.20. The van der Waals surface area contributed by atoms with Crippen molar-refractivity contribution in [3.05, 3.63) is 96.2 Å². The zero-order valence-corrected chi connectivity index (χ0v) is 20.1. The van der Waals surface area contributed by atoms with Crippen LogP contribution in [-0.4, -0.2) is 26.5 Å². The highest BCUT2D eigenvalue weighted by Gasteiger charge is 2.23. The fourth-order valence-corrected chi connectivity index (χ4v) is 5.10. The van der Waals surface area contributed by atoms with E-state index in [1.807, 2.05) is 0 Å². The van der Waals surface area contributed by atoms with Gasteiger partial charge in [0.1, 0.15) is 17.4 Å². The van der Waals surface area contributed by atoms with Crippen LogP contribution in [0.5, 0.6) is 5.75 Å². The highest BCUT2D eigenvalue weighted by molar-refractivity contribution is 7.90. The molecule has 34 heavy (non-hydrogen) atoms. The summed E-state index contributed by atoms with van der Waals surface area (Å²) in [5, 5.41) is 2.98. The Kier molecular flexibility index (Phi) is 7.76. The summed E-state index contributed by atoms with van der Waals surface area (Å²) in [6.07, 6.45) is 1.48. The third kappa shape index (κ3) is 4.99. The second-order valence-corrected chi connectivity index (χ2v) is 9.27. The van der Waals surface area contributed by atoms with Gasteiger partial charge >= 0.3 is 0 Å². The average Bonchev–Trinajstić information content (AvgIpc) is 3.24. The van der Waals surface area contributed by atoms with Crippen LogP contribution in [0, 0.1) is 11.6 Å². The van der Waals surface area contributed by atoms with E-state index in [1.54, 1.807) is 43.4 Å². The molecule has 1 N–H and O–H groups in total. The van der Waals surface area contributed by atoms with Crippen molar-refractivity contribution >= 4 is 22.4 Å². The van der Waals surface area contributed by atoms with Crippen LogP contribution in [0.15, 0.2) is 83.9 Å². The Balaban J connectivity index is 0.00000324. The third-order valence-electron chi connectivity index (χ3n) is 5.20. The van der Waals surface area contributed by atoms with Crippen molar-refractivity contribution in [2.45, 2.75) is 11.4 Å². The van der Waals surface area contributed by atoms with Gasteiger partial charge in [-0.25, -0.2) is 21.2 Å². The van der Waals surface area contributed by atoms with Crippen molar-refractivity contribution in [2.75, 3.05) is 14.2 Å². The number of hydrogen-bond donors (Lipinski definition) is 1. The minimum absolute atomic E-state index is 0. The van der Waals surface area contributed by atoms with E-state index in [1.165, 1.54) is 49.7 Å². The SMILES string of the molecule is CNCc1cc(-c2ccccc2F)n(S(=O)(=O)c2cccc(-c3cc(F)cc(OC)c3)c2)c1.Cl. The highest BCUT2D eigenvalue weighted by atomic mass is 35.5. The number of hydrogen-bond acceptors (Lipinski definition) is 4. The lowest BCUT2D eigenvalue weighted by Crippen LogP contribution is -2.14. The van der Waals surface area contributed by atoms with E-state index in [4.69, 9.17) is 4.74 Å². The van der Waals surface area contributed by atoms with Gasteiger partial charge in [0.15, 0.2) is 0 Å². The second kappa shape index (κ2) is 10.4. The maximum absolute atomic E-state index is 14.6. The molecule has 5 nitrogen and oxygen atoms in total. The molecule has 0 amide bonds. The highest BCUT2D eigenvalue weighted by Crippen LogP contribution is 2.31. The summed E-state index contributed by atoms with van der Waals surface area (Å²) < 4.78 is 62.1. The summed E-state index contributed by atoms with van der Waals surface area (Å²) in [7, 11) is -0.921. The summed E-state index contributed by atoms with van der Waals surface area (Å²) in [5.41, 5.74) is 2.06. The first-order valence-electron chi connectivity index (χ1n) is 10.1. The largest absolute Gasteiger partial charge is 0.497 e. The van der Waals surface area contributed by atoms with E-state index in [9.17, 15) is 17.2 Å². The van der Waals surface area contributed by atoms with Gasteiger partial charge in [0.05, 0.1) is 17.7 Å². The Morgan fingerprint density at radius 1 is 0.941 bits per heavy atom. The van der Waals surface area contributed by atoms with Gasteiger partial charge in [0.2, 0.25) is 0 Å². The lowest BCUT2D eigenvalue weighted by Gasteiger charge is -2.13. The van der Waals surface area contributed by atoms with Crippen molar-refractivity contribution in [3.63, 3.8) is 0 Å². The molecule has 0 aliphatic carbocycles. The van der Waals surface area contributed by atoms with E-state index in [0.717, 1.165) is 3.97 Å². The molecule has 1 aromatic heterocycles. The minimum atomic E-state index is -4.09. The van der Waals surface area contributed by atoms with Crippen molar-refractivity contribution in [1.29, 1.82) is 0 Å². The summed E-state index contributed by atoms with van der Waals surface area (Å²) in [6, 6.07) is 18.0. The number of benzene rings is 3. The Labute approximate surface area is 203 Å². The van der Waals surface area contributed by atoms with Crippen molar-refractivity contribution in [1.82, 2.24) is 9.29 Å². The van der Waals surface area contributed by atoms with Crippen molar-refractivity contribution in [2.24, 2.45) is 0 Å². The van der Waals surface area contributed by atoms with Crippen LogP contribution in [0.2, 0.25) is 0 Å². The number of aromatic nitrogens is 1. The van der Waals surface area contributed by atoms with Gasteiger partial charge < -0.3 is 10.1 Å². The van der Waals surface area contributed by atoms with E-state index in [2.05, 4.69) is 5.32 Å². The summed E-state index contributed by atoms with van der Waals surface area (Å²) in [4.78, 5) is -0.00701. The predicted octanol–water partition coefficient (Wildman–Crippen LogP) is 5.49. The normalized spacial score (nSPS) is 11.2. The van der Waals surface area contributed by atoms with E-state index < -0.39 is 21.7 Å². The van der Waals surface area contributed by atoms with E-state index >= 15 is 0 Å². The maximum atomic E-state index is 14.6. The molecule has 4 aromatic rings. The Bertz CT molecular complexity index is 1420. The van der Waals surface area contributed by atoms with Crippen LogP contribution in [0.25, 0.3) is 22.4 Å². The number of rotatable bonds is 7. The molecule has 9 heteroatoms. The fraction of sp³-hybridized carbons (Fsp3) is 0.120. The quantitative estimate of drug-likeness (QED) is 0.362. The van der Waals surface area contributed by atoms with Crippen LogP contribution in [-0.2, 0) is 16.6 Å². The zero-order chi connectivity index (χ0) is 23.6. The molecule has 1 heterocycles. The maximum Gasteiger partial charge on any atom is 0.268 e. The molecule has 0 spiro atoms. The number of nitrogens with zero attached hydrogens (tertiary/aromatic N) is 1. The van der Waals surface area contributed by atoms with Gasteiger partial charge in [-0.3, -0.25) is 0 Å². The average molecular weight is 505 g/mol. The van der Waals surface area contributed by atoms with E-state index in [-0.39, 0.29) is 28.6 Å². The van der Waals surface area contributed by atoms with Gasteiger partial charge in [-0.1, -0.05) is 24.3 Å². The van der Waals surface area contributed by atoms with Crippen LogP contribution in [0.4, 0.5) is 8.78 Å². The summed E-state index contributed by atoms with van der Waals surface area (Å²) in [5.74, 6) is -0.701. The topological polar surface area (TPSA) is 60.3 Å². The van der Waals surface area contributed by atoms with Gasteiger partial charge in [-0.2, -0.15) is 0 Å². The standard InChI is InChI=1S/C25H22F2N2O3S.ClH/c1-28-15-17-10-25(23-8-3-4-9-24(23)27)29(16-17)33(30,31)22-7-5-6-18(13-22)19-11-20(26)14-21(12-19)32-2;/h3-14,16,28H,15H2,1-2H3;1H. The molecular weight excluding hydrogens is 482 g/mol. The molecule has 0 unspecified atom stereocenters. The molecule has 4 rings (SSSR count). The third-order valence-corrected chi connectivity index (χ3v) is 6.87. The second-order valence-electron chi connectivity index (χ2n) is 7.45. The fourth-order valence-electron chi connectivity index (χ4n) is 3.66. The molecule has 0 bridgehead atoms. The summed E-state index contributed by atoms with van der Waals surface area (Å²) in [6.45, 7) is 0.410. The molecule has 0 saturated carbocycles. The van der Waals surface area contributed by atoms with Crippen LogP contribution >= 0.6 is 12.4 Å². The van der Waals surface area contributed by atoms with Crippen LogP contribution in [0.3, 0.4) is 0 Å². The first-order valence-corrected chi connectivity index (χ1v) is 11.6. The lowest BCUT2D eigenvalue weighted by molar-refractivity contribution is 0.411. The summed E-state index contributed by atoms with van der Waals surface area (Å²) >= 11 is 0. The first-order chi connectivity index (χ1) is 15.8. The molecule has 0 aliphatic heterocycles. The molecule has 0 radical (unpaired) electrons. The smallest absolute Gasteiger partial charge is 0.268 e. The van der Waals surface area contributed by atoms with Crippen molar-refractivity contribution < 1.29 is 21.9 Å². The number of nitrogens with one attached hydrogen (secondary N) is 1. The number of halogens is 3. The van der Waals surface area contributed by atoms with Gasteiger partial charge in [0.25, 0.3) is 10.0 Å². The minimum Gasteiger partial charge on any atom is -0.497 e. The Morgan fingerprint density at radius 3 is 2.41 bits per heavy atom. The van der Waals surface area contributed by atoms with Crippen LogP contribution < -0.4 is 10.1 Å². The van der Waals surface area contributed by atoms with Crippen molar-refractivity contribution in [3.8, 4) is 28.1 Å². The monoisotopic (exact) mass is 504 g/mol. The lowest BCUT2D eigenvalue weighted by atomic mass is 10.1.